The maximum Gasteiger partial charge on any atom is 0.261 e. The molecule has 5 nitrogen and oxygen atoms in total. The summed E-state index contributed by atoms with van der Waals surface area (Å²) in [5, 5.41) is 4.99. The Morgan fingerprint density at radius 3 is 2.69 bits per heavy atom. The zero-order valence-electron chi connectivity index (χ0n) is 16.1. The Labute approximate surface area is 173 Å². The summed E-state index contributed by atoms with van der Waals surface area (Å²) in [6.45, 7) is 3.81. The molecule has 0 spiro atoms. The molecule has 1 aliphatic rings. The van der Waals surface area contributed by atoms with E-state index in [0.717, 1.165) is 31.7 Å². The van der Waals surface area contributed by atoms with Crippen LogP contribution in [-0.2, 0) is 0 Å². The maximum absolute atomic E-state index is 14.1. The van der Waals surface area contributed by atoms with Gasteiger partial charge in [-0.25, -0.2) is 4.39 Å². The van der Waals surface area contributed by atoms with Gasteiger partial charge < -0.3 is 15.1 Å². The van der Waals surface area contributed by atoms with Crippen molar-refractivity contribution in [2.75, 3.05) is 37.6 Å². The van der Waals surface area contributed by atoms with Gasteiger partial charge in [0.15, 0.2) is 0 Å². The first-order valence-electron chi connectivity index (χ1n) is 9.78. The molecule has 0 bridgehead atoms. The summed E-state index contributed by atoms with van der Waals surface area (Å²) >= 11 is 1.44. The van der Waals surface area contributed by atoms with E-state index in [1.165, 1.54) is 22.3 Å². The molecule has 0 radical (unpaired) electrons. The highest BCUT2D eigenvalue weighted by atomic mass is 32.1. The van der Waals surface area contributed by atoms with Crippen LogP contribution in [0.1, 0.15) is 21.3 Å². The Morgan fingerprint density at radius 2 is 2.00 bits per heavy atom. The number of amides is 1. The number of carbonyl (C=O) groups excluding carboxylic acids is 1. The second kappa shape index (κ2) is 9.15. The molecule has 2 N–H and O–H groups in total. The molecular weight excluding hydrogens is 387 g/mol. The molecule has 1 aromatic carbocycles. The Morgan fingerprint density at radius 1 is 1.17 bits per heavy atom. The molecule has 0 saturated carbocycles. The van der Waals surface area contributed by atoms with Gasteiger partial charge in [-0.3, -0.25) is 9.78 Å². The number of carbonyl (C=O) groups is 1. The number of nitrogens with zero attached hydrogens (tertiary/aromatic N) is 2. The molecule has 3 aromatic rings. The summed E-state index contributed by atoms with van der Waals surface area (Å²) in [6.07, 6.45) is 3.63. The van der Waals surface area contributed by atoms with E-state index in [2.05, 4.69) is 21.3 Å². The first-order valence-corrected chi connectivity index (χ1v) is 10.7. The van der Waals surface area contributed by atoms with Crippen LogP contribution in [0, 0.1) is 5.82 Å². The molecule has 4 rings (SSSR count). The summed E-state index contributed by atoms with van der Waals surface area (Å²) in [6, 6.07) is 14.7. The number of hydrogen-bond donors (Lipinski definition) is 2. The minimum atomic E-state index is -0.178. The minimum absolute atomic E-state index is 0.0433. The van der Waals surface area contributed by atoms with E-state index in [4.69, 9.17) is 0 Å². The smallest absolute Gasteiger partial charge is 0.261 e. The quantitative estimate of drug-likeness (QED) is 0.654. The van der Waals surface area contributed by atoms with Crippen molar-refractivity contribution in [3.8, 4) is 0 Å². The van der Waals surface area contributed by atoms with Crippen LogP contribution in [0.25, 0.3) is 0 Å². The lowest BCUT2D eigenvalue weighted by atomic mass is 10.1. The average Bonchev–Trinajstić information content (AvgIpc) is 3.31. The predicted octanol–water partition coefficient (Wildman–Crippen LogP) is 2.16. The molecule has 1 aliphatic heterocycles. The molecule has 150 valence electrons. The third kappa shape index (κ3) is 4.63. The van der Waals surface area contributed by atoms with Gasteiger partial charge in [0, 0.05) is 18.0 Å². The number of para-hydroxylation sites is 1. The van der Waals surface area contributed by atoms with Gasteiger partial charge in [0.05, 0.1) is 43.3 Å². The lowest BCUT2D eigenvalue weighted by Crippen LogP contribution is -3.15. The van der Waals surface area contributed by atoms with Crippen LogP contribution in [0.4, 0.5) is 10.1 Å². The largest absolute Gasteiger partial charge is 0.358 e. The van der Waals surface area contributed by atoms with Crippen LogP contribution >= 0.6 is 11.3 Å². The fraction of sp³-hybridized carbons (Fsp3) is 0.273. The molecule has 1 fully saturated rings. The van der Waals surface area contributed by atoms with E-state index in [9.17, 15) is 9.18 Å². The molecule has 3 heterocycles. The van der Waals surface area contributed by atoms with E-state index in [0.29, 0.717) is 17.1 Å². The number of piperazine rings is 1. The number of thiophene rings is 1. The Bertz CT molecular complexity index is 927. The molecule has 1 unspecified atom stereocenters. The Balaban J connectivity index is 1.44. The lowest BCUT2D eigenvalue weighted by molar-refractivity contribution is -0.931. The van der Waals surface area contributed by atoms with Crippen LogP contribution in [0.3, 0.4) is 0 Å². The molecular formula is C22H24FN4OS+. The van der Waals surface area contributed by atoms with Crippen molar-refractivity contribution in [2.45, 2.75) is 6.04 Å². The van der Waals surface area contributed by atoms with Crippen molar-refractivity contribution >= 4 is 22.9 Å². The molecule has 0 aliphatic carbocycles. The number of benzene rings is 1. The number of anilines is 1. The second-order valence-corrected chi connectivity index (χ2v) is 8.07. The SMILES string of the molecule is O=C(NCC(c1cccnc1)[NH+]1CCN(c2ccccc2F)CC1)c1cccs1. The zero-order chi connectivity index (χ0) is 20.1. The highest BCUT2D eigenvalue weighted by Crippen LogP contribution is 2.19. The summed E-state index contributed by atoms with van der Waals surface area (Å²) < 4.78 is 14.1. The number of nitrogens with one attached hydrogen (secondary N) is 2. The van der Waals surface area contributed by atoms with Crippen LogP contribution < -0.4 is 15.1 Å². The van der Waals surface area contributed by atoms with Gasteiger partial charge in [0.2, 0.25) is 0 Å². The van der Waals surface area contributed by atoms with Crippen LogP contribution in [0.2, 0.25) is 0 Å². The zero-order valence-corrected chi connectivity index (χ0v) is 16.9. The Kier molecular flexibility index (Phi) is 6.17. The topological polar surface area (TPSA) is 49.7 Å². The molecule has 29 heavy (non-hydrogen) atoms. The highest BCUT2D eigenvalue weighted by Gasteiger charge is 2.30. The van der Waals surface area contributed by atoms with Crippen molar-refractivity contribution in [3.63, 3.8) is 0 Å². The van der Waals surface area contributed by atoms with Crippen LogP contribution in [0.5, 0.6) is 0 Å². The minimum Gasteiger partial charge on any atom is -0.358 e. The number of halogens is 1. The number of pyridine rings is 1. The number of aromatic nitrogens is 1. The van der Waals surface area contributed by atoms with Gasteiger partial charge >= 0.3 is 0 Å². The van der Waals surface area contributed by atoms with Gasteiger partial charge in [-0.2, -0.15) is 0 Å². The lowest BCUT2D eigenvalue weighted by Gasteiger charge is -2.37. The van der Waals surface area contributed by atoms with E-state index in [1.807, 2.05) is 41.9 Å². The Hall–Kier alpha value is -2.77. The number of hydrogen-bond acceptors (Lipinski definition) is 4. The van der Waals surface area contributed by atoms with Crippen LogP contribution in [-0.4, -0.2) is 43.6 Å². The normalized spacial score (nSPS) is 15.8. The third-order valence-electron chi connectivity index (χ3n) is 5.39. The molecule has 7 heteroatoms. The van der Waals surface area contributed by atoms with E-state index < -0.39 is 0 Å². The summed E-state index contributed by atoms with van der Waals surface area (Å²) in [5.41, 5.74) is 1.77. The average molecular weight is 412 g/mol. The number of rotatable bonds is 6. The van der Waals surface area contributed by atoms with E-state index in [1.54, 1.807) is 12.3 Å². The van der Waals surface area contributed by atoms with Crippen molar-refractivity contribution in [1.29, 1.82) is 0 Å². The summed E-state index contributed by atoms with van der Waals surface area (Å²) in [7, 11) is 0. The van der Waals surface area contributed by atoms with E-state index >= 15 is 0 Å². The molecule has 1 amide bonds. The number of quaternary nitrogens is 1. The first kappa shape index (κ1) is 19.5. The highest BCUT2D eigenvalue weighted by molar-refractivity contribution is 7.12. The fourth-order valence-corrected chi connectivity index (χ4v) is 4.50. The predicted molar refractivity (Wildman–Crippen MR) is 113 cm³/mol. The van der Waals surface area contributed by atoms with Crippen molar-refractivity contribution in [2.24, 2.45) is 0 Å². The van der Waals surface area contributed by atoms with Crippen molar-refractivity contribution < 1.29 is 14.1 Å². The fourth-order valence-electron chi connectivity index (χ4n) is 3.86. The first-order chi connectivity index (χ1) is 14.2. The van der Waals surface area contributed by atoms with Gasteiger partial charge in [-0.05, 0) is 35.7 Å². The van der Waals surface area contributed by atoms with Crippen molar-refractivity contribution in [3.05, 3.63) is 82.6 Å². The molecule has 1 atom stereocenters. The van der Waals surface area contributed by atoms with Gasteiger partial charge in [-0.1, -0.05) is 18.2 Å². The second-order valence-electron chi connectivity index (χ2n) is 7.12. The van der Waals surface area contributed by atoms with Gasteiger partial charge in [0.1, 0.15) is 11.9 Å². The van der Waals surface area contributed by atoms with Crippen molar-refractivity contribution in [1.82, 2.24) is 10.3 Å². The maximum atomic E-state index is 14.1. The molecule has 1 saturated heterocycles. The summed E-state index contributed by atoms with van der Waals surface area (Å²) in [4.78, 5) is 20.9. The van der Waals surface area contributed by atoms with Gasteiger partial charge in [-0.15, -0.1) is 11.3 Å². The monoisotopic (exact) mass is 411 g/mol. The summed E-state index contributed by atoms with van der Waals surface area (Å²) in [5.74, 6) is -0.221. The van der Waals surface area contributed by atoms with Crippen LogP contribution in [0.15, 0.2) is 66.3 Å². The molecule has 2 aromatic heterocycles. The van der Waals surface area contributed by atoms with E-state index in [-0.39, 0.29) is 17.8 Å². The third-order valence-corrected chi connectivity index (χ3v) is 6.26. The van der Waals surface area contributed by atoms with Gasteiger partial charge in [0.25, 0.3) is 5.91 Å². The standard InChI is InChI=1S/C22H23FN4OS/c23-18-6-1-2-7-19(18)26-10-12-27(13-11-26)20(17-5-3-9-24-15-17)16-25-22(28)21-8-4-14-29-21/h1-9,14-15,20H,10-13,16H2,(H,25,28)/p+1.